The molecule has 1 aliphatic heterocycles. The fourth-order valence-electron chi connectivity index (χ4n) is 2.94. The molecule has 2 aromatic rings. The van der Waals surface area contributed by atoms with Crippen molar-refractivity contribution in [2.45, 2.75) is 31.5 Å². The zero-order valence-electron chi connectivity index (χ0n) is 13.0. The maximum atomic E-state index is 13.5. The first-order valence-electron chi connectivity index (χ1n) is 7.63. The van der Waals surface area contributed by atoms with Gasteiger partial charge in [0.05, 0.1) is 19.3 Å². The highest BCUT2D eigenvalue weighted by Gasteiger charge is 2.33. The van der Waals surface area contributed by atoms with Gasteiger partial charge in [-0.2, -0.15) is 4.98 Å². The Hall–Kier alpha value is -1.83. The minimum atomic E-state index is -0.445. The Labute approximate surface area is 133 Å². The first kappa shape index (κ1) is 16.0. The summed E-state index contributed by atoms with van der Waals surface area (Å²) in [5.41, 5.74) is 0.848. The lowest BCUT2D eigenvalue weighted by molar-refractivity contribution is 0.164. The number of methoxy groups -OCH3 is 1. The Balaban J connectivity index is 1.71. The van der Waals surface area contributed by atoms with Crippen LogP contribution in [0.15, 0.2) is 28.8 Å². The lowest BCUT2D eigenvalue weighted by atomic mass is 10.0. The van der Waals surface area contributed by atoms with E-state index in [9.17, 15) is 9.50 Å². The Morgan fingerprint density at radius 1 is 1.48 bits per heavy atom. The lowest BCUT2D eigenvalue weighted by Crippen LogP contribution is -2.24. The van der Waals surface area contributed by atoms with Gasteiger partial charge in [0.2, 0.25) is 5.89 Å². The van der Waals surface area contributed by atoms with Crippen molar-refractivity contribution < 1.29 is 18.8 Å². The van der Waals surface area contributed by atoms with Gasteiger partial charge in [-0.15, -0.1) is 0 Å². The van der Waals surface area contributed by atoms with Crippen LogP contribution in [0.5, 0.6) is 0 Å². The van der Waals surface area contributed by atoms with E-state index >= 15 is 0 Å². The molecule has 0 saturated carbocycles. The van der Waals surface area contributed by atoms with Crippen LogP contribution < -0.4 is 0 Å². The van der Waals surface area contributed by atoms with Crippen molar-refractivity contribution in [3.63, 3.8) is 0 Å². The van der Waals surface area contributed by atoms with E-state index in [1.807, 2.05) is 11.0 Å². The van der Waals surface area contributed by atoms with Crippen LogP contribution in [0.25, 0.3) is 0 Å². The summed E-state index contributed by atoms with van der Waals surface area (Å²) in [6.07, 6.45) is 0.712. The van der Waals surface area contributed by atoms with Gasteiger partial charge in [0.1, 0.15) is 5.82 Å². The molecule has 1 aromatic heterocycles. The molecule has 6 nitrogen and oxygen atoms in total. The maximum absolute atomic E-state index is 13.5. The summed E-state index contributed by atoms with van der Waals surface area (Å²) in [6.45, 7) is 1.46. The van der Waals surface area contributed by atoms with Gasteiger partial charge in [-0.05, 0) is 24.1 Å². The van der Waals surface area contributed by atoms with Gasteiger partial charge in [0.25, 0.3) is 0 Å². The molecule has 1 N–H and O–H groups in total. The quantitative estimate of drug-likeness (QED) is 0.873. The zero-order valence-corrected chi connectivity index (χ0v) is 13.0. The average molecular weight is 321 g/mol. The number of likely N-dealkylation sites (tertiary alicyclic amines) is 1. The van der Waals surface area contributed by atoms with Crippen molar-refractivity contribution in [2.75, 3.05) is 20.3 Å². The Morgan fingerprint density at radius 2 is 2.35 bits per heavy atom. The molecule has 2 atom stereocenters. The topological polar surface area (TPSA) is 71.6 Å². The van der Waals surface area contributed by atoms with E-state index in [0.29, 0.717) is 44.3 Å². The Bertz CT molecular complexity index is 649. The Kier molecular flexibility index (Phi) is 5.00. The third-order valence-corrected chi connectivity index (χ3v) is 3.99. The fraction of sp³-hybridized carbons (Fsp3) is 0.500. The number of benzene rings is 1. The molecule has 1 fully saturated rings. The third-order valence-electron chi connectivity index (χ3n) is 3.99. The van der Waals surface area contributed by atoms with Crippen LogP contribution >= 0.6 is 0 Å². The highest BCUT2D eigenvalue weighted by atomic mass is 19.1. The van der Waals surface area contributed by atoms with Crippen LogP contribution in [-0.4, -0.2) is 46.5 Å². The van der Waals surface area contributed by atoms with Gasteiger partial charge >= 0.3 is 0 Å². The molecular weight excluding hydrogens is 301 g/mol. The molecule has 0 radical (unpaired) electrons. The molecule has 0 spiro atoms. The number of aromatic nitrogens is 2. The van der Waals surface area contributed by atoms with Crippen LogP contribution in [0.4, 0.5) is 4.39 Å². The van der Waals surface area contributed by atoms with Gasteiger partial charge in [-0.3, -0.25) is 4.90 Å². The van der Waals surface area contributed by atoms with Crippen molar-refractivity contribution in [3.8, 4) is 0 Å². The lowest BCUT2D eigenvalue weighted by Gasteiger charge is -2.22. The predicted molar refractivity (Wildman–Crippen MR) is 80.1 cm³/mol. The first-order valence-corrected chi connectivity index (χ1v) is 7.63. The average Bonchev–Trinajstić information content (AvgIpc) is 3.12. The molecule has 124 valence electrons. The molecule has 7 heteroatoms. The second kappa shape index (κ2) is 7.16. The van der Waals surface area contributed by atoms with Crippen molar-refractivity contribution >= 4 is 0 Å². The number of halogens is 1. The molecule has 2 unspecified atom stereocenters. The number of nitrogens with zero attached hydrogens (tertiary/aromatic N) is 3. The summed E-state index contributed by atoms with van der Waals surface area (Å²) >= 11 is 0. The van der Waals surface area contributed by atoms with E-state index in [2.05, 4.69) is 10.1 Å². The number of aliphatic hydroxyl groups excluding tert-OH is 1. The number of β-amino-alcohol motifs (C(OH)–C–C–N with tert-alkyl or cyclic N) is 1. The molecule has 1 aromatic carbocycles. The molecule has 1 aliphatic rings. The van der Waals surface area contributed by atoms with Crippen LogP contribution in [0, 0.1) is 5.82 Å². The molecule has 3 rings (SSSR count). The highest BCUT2D eigenvalue weighted by molar-refractivity contribution is 5.21. The minimum absolute atomic E-state index is 0.0602. The van der Waals surface area contributed by atoms with Gasteiger partial charge in [0.15, 0.2) is 5.82 Å². The van der Waals surface area contributed by atoms with Crippen molar-refractivity contribution in [1.82, 2.24) is 15.0 Å². The van der Waals surface area contributed by atoms with Gasteiger partial charge in [0, 0.05) is 26.1 Å². The van der Waals surface area contributed by atoms with Gasteiger partial charge in [-0.1, -0.05) is 17.3 Å². The largest absolute Gasteiger partial charge is 0.392 e. The monoisotopic (exact) mass is 321 g/mol. The highest BCUT2D eigenvalue weighted by Crippen LogP contribution is 2.33. The second-order valence-electron chi connectivity index (χ2n) is 5.74. The van der Waals surface area contributed by atoms with E-state index < -0.39 is 6.10 Å². The molecule has 2 heterocycles. The molecule has 1 saturated heterocycles. The third kappa shape index (κ3) is 3.93. The SMILES string of the molecule is COCCc1noc(CN2CC(O)CC2c2cccc(F)c2)n1. The van der Waals surface area contributed by atoms with E-state index in [1.165, 1.54) is 12.1 Å². The molecular formula is C16H20FN3O3. The van der Waals surface area contributed by atoms with Crippen LogP contribution in [0.3, 0.4) is 0 Å². The summed E-state index contributed by atoms with van der Waals surface area (Å²) in [5.74, 6) is 0.819. The number of hydrogen-bond donors (Lipinski definition) is 1. The van der Waals surface area contributed by atoms with Crippen LogP contribution in [0.2, 0.25) is 0 Å². The number of ether oxygens (including phenoxy) is 1. The molecule has 0 bridgehead atoms. The summed E-state index contributed by atoms with van der Waals surface area (Å²) in [5, 5.41) is 13.9. The number of rotatable bonds is 6. The Morgan fingerprint density at radius 3 is 3.13 bits per heavy atom. The fourth-order valence-corrected chi connectivity index (χ4v) is 2.94. The number of hydrogen-bond acceptors (Lipinski definition) is 6. The van der Waals surface area contributed by atoms with Gasteiger partial charge < -0.3 is 14.4 Å². The van der Waals surface area contributed by atoms with Crippen molar-refractivity contribution in [1.29, 1.82) is 0 Å². The van der Waals surface area contributed by atoms with Crippen molar-refractivity contribution in [3.05, 3.63) is 47.4 Å². The van der Waals surface area contributed by atoms with E-state index in [4.69, 9.17) is 9.26 Å². The van der Waals surface area contributed by atoms with Crippen LogP contribution in [0.1, 0.15) is 29.7 Å². The molecule has 0 amide bonds. The molecule has 23 heavy (non-hydrogen) atoms. The predicted octanol–water partition coefficient (Wildman–Crippen LogP) is 1.71. The van der Waals surface area contributed by atoms with Crippen LogP contribution in [-0.2, 0) is 17.7 Å². The summed E-state index contributed by atoms with van der Waals surface area (Å²) in [4.78, 5) is 6.36. The normalized spacial score (nSPS) is 21.9. The smallest absolute Gasteiger partial charge is 0.240 e. The van der Waals surface area contributed by atoms with E-state index in [0.717, 1.165) is 5.56 Å². The van der Waals surface area contributed by atoms with Gasteiger partial charge in [-0.25, -0.2) is 4.39 Å². The second-order valence-corrected chi connectivity index (χ2v) is 5.74. The first-order chi connectivity index (χ1) is 11.2. The number of aliphatic hydroxyl groups is 1. The summed E-state index contributed by atoms with van der Waals surface area (Å²) < 4.78 is 23.7. The van der Waals surface area contributed by atoms with E-state index in [1.54, 1.807) is 13.2 Å². The maximum Gasteiger partial charge on any atom is 0.240 e. The summed E-state index contributed by atoms with van der Waals surface area (Å²) in [7, 11) is 1.62. The van der Waals surface area contributed by atoms with Crippen molar-refractivity contribution in [2.24, 2.45) is 0 Å². The summed E-state index contributed by atoms with van der Waals surface area (Å²) in [6, 6.07) is 6.42. The zero-order chi connectivity index (χ0) is 16.2. The standard InChI is InChI=1S/C16H20FN3O3/c1-22-6-5-15-18-16(23-19-15)10-20-9-13(21)8-14(20)11-3-2-4-12(17)7-11/h2-4,7,13-14,21H,5-6,8-10H2,1H3. The van der Waals surface area contributed by atoms with E-state index in [-0.39, 0.29) is 11.9 Å². The minimum Gasteiger partial charge on any atom is -0.392 e. The molecule has 0 aliphatic carbocycles.